The fraction of sp³-hybridized carbons (Fsp3) is 0.467. The zero-order valence-electron chi connectivity index (χ0n) is 12.5. The minimum Gasteiger partial charge on any atom is -0.320 e. The molecule has 0 saturated carbocycles. The maximum Gasteiger partial charge on any atom is 0.243 e. The number of rotatable bonds is 5. The van der Waals surface area contributed by atoms with E-state index >= 15 is 0 Å². The fourth-order valence-corrected chi connectivity index (χ4v) is 3.14. The quantitative estimate of drug-likeness (QED) is 0.815. The van der Waals surface area contributed by atoms with Gasteiger partial charge in [-0.2, -0.15) is 0 Å². The fourth-order valence-electron chi connectivity index (χ4n) is 1.73. The van der Waals surface area contributed by atoms with Gasteiger partial charge in [-0.15, -0.1) is 0 Å². The van der Waals surface area contributed by atoms with Gasteiger partial charge in [-0.1, -0.05) is 32.1 Å². The molecule has 0 aliphatic heterocycles. The van der Waals surface area contributed by atoms with Gasteiger partial charge < -0.3 is 5.73 Å². The minimum atomic E-state index is -3.88. The van der Waals surface area contributed by atoms with Gasteiger partial charge in [-0.25, -0.2) is 17.5 Å². The highest BCUT2D eigenvalue weighted by Gasteiger charge is 2.23. The molecule has 0 aliphatic carbocycles. The van der Waals surface area contributed by atoms with E-state index in [2.05, 4.69) is 16.6 Å². The number of halogens is 1. The molecule has 0 amide bonds. The molecule has 1 aromatic rings. The van der Waals surface area contributed by atoms with Gasteiger partial charge in [0, 0.05) is 11.6 Å². The van der Waals surface area contributed by atoms with Gasteiger partial charge in [-0.05, 0) is 31.0 Å². The minimum absolute atomic E-state index is 0.162. The van der Waals surface area contributed by atoms with E-state index in [0.29, 0.717) is 5.56 Å². The lowest BCUT2D eigenvalue weighted by Crippen LogP contribution is -2.37. The van der Waals surface area contributed by atoms with Crippen LogP contribution in [0.15, 0.2) is 23.1 Å². The Labute approximate surface area is 126 Å². The summed E-state index contributed by atoms with van der Waals surface area (Å²) >= 11 is 0. The van der Waals surface area contributed by atoms with Crippen LogP contribution in [0, 0.1) is 23.6 Å². The summed E-state index contributed by atoms with van der Waals surface area (Å²) in [6, 6.07) is 3.53. The average Bonchev–Trinajstić information content (AvgIpc) is 2.43. The topological polar surface area (TPSA) is 72.2 Å². The lowest BCUT2D eigenvalue weighted by molar-refractivity contribution is 0.432. The number of hydrogen-bond donors (Lipinski definition) is 2. The largest absolute Gasteiger partial charge is 0.320 e. The first-order valence-electron chi connectivity index (χ1n) is 6.82. The van der Waals surface area contributed by atoms with Gasteiger partial charge in [-0.3, -0.25) is 0 Å². The van der Waals surface area contributed by atoms with Crippen molar-refractivity contribution in [2.75, 3.05) is 6.54 Å². The summed E-state index contributed by atoms with van der Waals surface area (Å²) in [5.74, 6) is 4.60. The van der Waals surface area contributed by atoms with Crippen molar-refractivity contribution in [3.05, 3.63) is 29.6 Å². The highest BCUT2D eigenvalue weighted by Crippen LogP contribution is 2.18. The van der Waals surface area contributed by atoms with Crippen LogP contribution < -0.4 is 10.5 Å². The van der Waals surface area contributed by atoms with Crippen LogP contribution in [-0.2, 0) is 10.0 Å². The Kier molecular flexibility index (Phi) is 6.34. The molecule has 0 bridgehead atoms. The first-order valence-corrected chi connectivity index (χ1v) is 8.31. The Morgan fingerprint density at radius 2 is 2.05 bits per heavy atom. The van der Waals surface area contributed by atoms with Crippen molar-refractivity contribution in [1.29, 1.82) is 0 Å². The van der Waals surface area contributed by atoms with E-state index in [1.54, 1.807) is 6.92 Å². The van der Waals surface area contributed by atoms with Crippen LogP contribution in [-0.4, -0.2) is 21.0 Å². The molecular weight excluding hydrogens is 291 g/mol. The van der Waals surface area contributed by atoms with Gasteiger partial charge in [0.15, 0.2) is 0 Å². The Morgan fingerprint density at radius 3 is 2.57 bits per heavy atom. The Bertz CT molecular complexity index is 647. The lowest BCUT2D eigenvalue weighted by Gasteiger charge is -2.20. The summed E-state index contributed by atoms with van der Waals surface area (Å²) in [6.07, 6.45) is 0.833. The molecule has 1 aromatic carbocycles. The third-order valence-corrected chi connectivity index (χ3v) is 4.99. The van der Waals surface area contributed by atoms with Crippen molar-refractivity contribution in [1.82, 2.24) is 4.72 Å². The summed E-state index contributed by atoms with van der Waals surface area (Å²) in [6.45, 7) is 5.84. The summed E-state index contributed by atoms with van der Waals surface area (Å²) in [5, 5.41) is 0. The van der Waals surface area contributed by atoms with Crippen LogP contribution in [0.2, 0.25) is 0 Å². The van der Waals surface area contributed by atoms with E-state index in [9.17, 15) is 12.8 Å². The maximum absolute atomic E-state index is 14.0. The Hall–Kier alpha value is -1.42. The summed E-state index contributed by atoms with van der Waals surface area (Å²) in [4.78, 5) is -0.365. The SMILES string of the molecule is CCC(C)C(C)NS(=O)(=O)c1ccc(C#CCN)cc1F. The molecule has 0 aliphatic rings. The highest BCUT2D eigenvalue weighted by atomic mass is 32.2. The summed E-state index contributed by atoms with van der Waals surface area (Å²) in [7, 11) is -3.88. The maximum atomic E-state index is 14.0. The standard InChI is InChI=1S/C15H21FN2O2S/c1-4-11(2)12(3)18-21(19,20)15-8-7-13(6-5-9-17)10-14(15)16/h7-8,10-12,18H,4,9,17H2,1-3H3. The Morgan fingerprint density at radius 1 is 1.38 bits per heavy atom. The van der Waals surface area contributed by atoms with Gasteiger partial charge >= 0.3 is 0 Å². The van der Waals surface area contributed by atoms with Gasteiger partial charge in [0.25, 0.3) is 0 Å². The third-order valence-electron chi connectivity index (χ3n) is 3.39. The van der Waals surface area contributed by atoms with Crippen molar-refractivity contribution in [3.8, 4) is 11.8 Å². The van der Waals surface area contributed by atoms with Crippen molar-refractivity contribution >= 4 is 10.0 Å². The van der Waals surface area contributed by atoms with E-state index in [1.807, 2.05) is 13.8 Å². The van der Waals surface area contributed by atoms with Crippen LogP contribution >= 0.6 is 0 Å². The molecule has 0 fully saturated rings. The van der Waals surface area contributed by atoms with Crippen molar-refractivity contribution in [3.63, 3.8) is 0 Å². The molecule has 3 N–H and O–H groups in total. The summed E-state index contributed by atoms with van der Waals surface area (Å²) in [5.41, 5.74) is 5.63. The van der Waals surface area contributed by atoms with Crippen LogP contribution in [0.1, 0.15) is 32.8 Å². The number of benzene rings is 1. The number of sulfonamides is 1. The van der Waals surface area contributed by atoms with E-state index in [-0.39, 0.29) is 23.4 Å². The lowest BCUT2D eigenvalue weighted by atomic mass is 10.0. The van der Waals surface area contributed by atoms with Crippen LogP contribution in [0.5, 0.6) is 0 Å². The van der Waals surface area contributed by atoms with E-state index < -0.39 is 15.8 Å². The second-order valence-electron chi connectivity index (χ2n) is 4.95. The first-order chi connectivity index (χ1) is 9.81. The van der Waals surface area contributed by atoms with Crippen LogP contribution in [0.4, 0.5) is 4.39 Å². The molecule has 116 valence electrons. The molecule has 2 unspecified atom stereocenters. The van der Waals surface area contributed by atoms with Gasteiger partial charge in [0.05, 0.1) is 6.54 Å². The smallest absolute Gasteiger partial charge is 0.243 e. The second-order valence-corrected chi connectivity index (χ2v) is 6.63. The molecule has 2 atom stereocenters. The summed E-state index contributed by atoms with van der Waals surface area (Å²) < 4.78 is 40.9. The third kappa shape index (κ3) is 4.81. The zero-order valence-corrected chi connectivity index (χ0v) is 13.3. The van der Waals surface area contributed by atoms with E-state index in [1.165, 1.54) is 12.1 Å². The average molecular weight is 312 g/mol. The molecule has 21 heavy (non-hydrogen) atoms. The highest BCUT2D eigenvalue weighted by molar-refractivity contribution is 7.89. The molecule has 0 spiro atoms. The molecule has 1 rings (SSSR count). The van der Waals surface area contributed by atoms with E-state index in [0.717, 1.165) is 12.5 Å². The molecule has 4 nitrogen and oxygen atoms in total. The Balaban J connectivity index is 3.04. The molecule has 6 heteroatoms. The molecule has 0 heterocycles. The van der Waals surface area contributed by atoms with Crippen LogP contribution in [0.25, 0.3) is 0 Å². The number of hydrogen-bond acceptors (Lipinski definition) is 3. The first kappa shape index (κ1) is 17.6. The number of nitrogens with two attached hydrogens (primary N) is 1. The van der Waals surface area contributed by atoms with E-state index in [4.69, 9.17) is 5.73 Å². The van der Waals surface area contributed by atoms with Gasteiger partial charge in [0.1, 0.15) is 10.7 Å². The van der Waals surface area contributed by atoms with Crippen molar-refractivity contribution in [2.45, 2.75) is 38.1 Å². The zero-order chi connectivity index (χ0) is 16.0. The predicted molar refractivity (Wildman–Crippen MR) is 81.6 cm³/mol. The molecule has 0 radical (unpaired) electrons. The molecule has 0 saturated heterocycles. The predicted octanol–water partition coefficient (Wildman–Crippen LogP) is 1.85. The van der Waals surface area contributed by atoms with Crippen LogP contribution in [0.3, 0.4) is 0 Å². The van der Waals surface area contributed by atoms with Crippen molar-refractivity contribution in [2.24, 2.45) is 11.7 Å². The monoisotopic (exact) mass is 312 g/mol. The molecule has 0 aromatic heterocycles. The van der Waals surface area contributed by atoms with Crippen molar-refractivity contribution < 1.29 is 12.8 Å². The normalized spacial score (nSPS) is 14.1. The molecular formula is C15H21FN2O2S. The van der Waals surface area contributed by atoms with Gasteiger partial charge in [0.2, 0.25) is 10.0 Å². The second kappa shape index (κ2) is 7.55. The number of nitrogens with one attached hydrogen (secondary N) is 1.